The molecule has 1 aromatic heterocycles. The monoisotopic (exact) mass is 494 g/mol. The van der Waals surface area contributed by atoms with Crippen molar-refractivity contribution in [1.29, 1.82) is 0 Å². The summed E-state index contributed by atoms with van der Waals surface area (Å²) in [5, 5.41) is 4.47. The van der Waals surface area contributed by atoms with Crippen LogP contribution in [0.25, 0.3) is 22.2 Å². The SMILES string of the molecule is CCC(NCCN(CC)CC)C1CCCN1C(=O)c1cc(-c2ccc(F)c(F)c2)nc2ccccc12. The number of hydrogen-bond donors (Lipinski definition) is 1. The second-order valence-corrected chi connectivity index (χ2v) is 9.40. The van der Waals surface area contributed by atoms with Crippen LogP contribution in [0.1, 0.15) is 50.4 Å². The molecule has 0 radical (unpaired) electrons. The van der Waals surface area contributed by atoms with Crippen LogP contribution in [-0.2, 0) is 0 Å². The van der Waals surface area contributed by atoms with Crippen molar-refractivity contribution in [3.8, 4) is 11.3 Å². The molecule has 36 heavy (non-hydrogen) atoms. The summed E-state index contributed by atoms with van der Waals surface area (Å²) < 4.78 is 27.5. The van der Waals surface area contributed by atoms with Gasteiger partial charge in [-0.05, 0) is 62.7 Å². The van der Waals surface area contributed by atoms with E-state index in [4.69, 9.17) is 0 Å². The normalized spacial score (nSPS) is 16.7. The molecule has 2 heterocycles. The quantitative estimate of drug-likeness (QED) is 0.405. The number of fused-ring (bicyclic) bond motifs is 1. The molecule has 7 heteroatoms. The minimum Gasteiger partial charge on any atom is -0.334 e. The van der Waals surface area contributed by atoms with E-state index in [9.17, 15) is 13.6 Å². The number of benzene rings is 2. The second-order valence-electron chi connectivity index (χ2n) is 9.40. The molecular formula is C29H36F2N4O. The lowest BCUT2D eigenvalue weighted by Gasteiger charge is -2.33. The zero-order chi connectivity index (χ0) is 25.7. The van der Waals surface area contributed by atoms with Crippen molar-refractivity contribution in [1.82, 2.24) is 20.1 Å². The van der Waals surface area contributed by atoms with Crippen LogP contribution in [-0.4, -0.2) is 65.5 Å². The highest BCUT2D eigenvalue weighted by atomic mass is 19.2. The summed E-state index contributed by atoms with van der Waals surface area (Å²) in [4.78, 5) is 23.0. The van der Waals surface area contributed by atoms with Crippen LogP contribution in [0.15, 0.2) is 48.5 Å². The van der Waals surface area contributed by atoms with E-state index in [1.54, 1.807) is 6.07 Å². The van der Waals surface area contributed by atoms with Crippen LogP contribution in [0.5, 0.6) is 0 Å². The Hall–Kier alpha value is -2.90. The molecule has 0 aliphatic carbocycles. The van der Waals surface area contributed by atoms with Crippen LogP contribution in [0.4, 0.5) is 8.78 Å². The summed E-state index contributed by atoms with van der Waals surface area (Å²) in [6, 6.07) is 13.3. The van der Waals surface area contributed by atoms with Gasteiger partial charge < -0.3 is 15.1 Å². The molecule has 1 fully saturated rings. The Morgan fingerprint density at radius 1 is 1.11 bits per heavy atom. The molecule has 0 spiro atoms. The molecule has 0 bridgehead atoms. The van der Waals surface area contributed by atoms with Gasteiger partial charge in [0, 0.05) is 42.7 Å². The van der Waals surface area contributed by atoms with Gasteiger partial charge in [-0.1, -0.05) is 39.0 Å². The molecular weight excluding hydrogens is 458 g/mol. The number of para-hydroxylation sites is 1. The van der Waals surface area contributed by atoms with Gasteiger partial charge in [-0.15, -0.1) is 0 Å². The first kappa shape index (κ1) is 26.2. The van der Waals surface area contributed by atoms with Gasteiger partial charge in [0.05, 0.1) is 16.8 Å². The lowest BCUT2D eigenvalue weighted by atomic mass is 10.00. The fourth-order valence-electron chi connectivity index (χ4n) is 5.27. The highest BCUT2D eigenvalue weighted by Crippen LogP contribution is 2.30. The van der Waals surface area contributed by atoms with Gasteiger partial charge in [-0.3, -0.25) is 4.79 Å². The lowest BCUT2D eigenvalue weighted by Crippen LogP contribution is -2.50. The van der Waals surface area contributed by atoms with Crippen molar-refractivity contribution in [3.63, 3.8) is 0 Å². The zero-order valence-corrected chi connectivity index (χ0v) is 21.4. The van der Waals surface area contributed by atoms with Gasteiger partial charge in [0.25, 0.3) is 5.91 Å². The number of nitrogens with zero attached hydrogens (tertiary/aromatic N) is 3. The summed E-state index contributed by atoms with van der Waals surface area (Å²) in [6.45, 7) is 11.1. The molecule has 2 aromatic carbocycles. The minimum atomic E-state index is -0.934. The van der Waals surface area contributed by atoms with E-state index in [-0.39, 0.29) is 18.0 Å². The summed E-state index contributed by atoms with van der Waals surface area (Å²) in [5.74, 6) is -1.88. The van der Waals surface area contributed by atoms with Gasteiger partial charge in [0.1, 0.15) is 0 Å². The number of likely N-dealkylation sites (N-methyl/N-ethyl adjacent to an activating group) is 1. The van der Waals surface area contributed by atoms with E-state index >= 15 is 0 Å². The van der Waals surface area contributed by atoms with Crippen molar-refractivity contribution in [2.24, 2.45) is 0 Å². The second kappa shape index (κ2) is 11.9. The van der Waals surface area contributed by atoms with Crippen molar-refractivity contribution in [3.05, 3.63) is 65.7 Å². The predicted octanol–water partition coefficient (Wildman–Crippen LogP) is 5.49. The Morgan fingerprint density at radius 2 is 1.89 bits per heavy atom. The number of likely N-dealkylation sites (tertiary alicyclic amines) is 1. The molecule has 1 saturated heterocycles. The molecule has 4 rings (SSSR count). The molecule has 192 valence electrons. The van der Waals surface area contributed by atoms with E-state index in [2.05, 4.69) is 36.0 Å². The molecule has 1 aliphatic rings. The molecule has 1 amide bonds. The summed E-state index contributed by atoms with van der Waals surface area (Å²) in [5.41, 5.74) is 2.10. The number of rotatable bonds is 10. The number of amides is 1. The third kappa shape index (κ3) is 5.57. The highest BCUT2D eigenvalue weighted by Gasteiger charge is 2.35. The predicted molar refractivity (Wildman–Crippen MR) is 141 cm³/mol. The third-order valence-electron chi connectivity index (χ3n) is 7.36. The number of hydrogen-bond acceptors (Lipinski definition) is 4. The van der Waals surface area contributed by atoms with Crippen molar-refractivity contribution < 1.29 is 13.6 Å². The van der Waals surface area contributed by atoms with E-state index in [0.29, 0.717) is 28.9 Å². The van der Waals surface area contributed by atoms with Crippen molar-refractivity contribution in [2.45, 2.75) is 52.1 Å². The molecule has 2 atom stereocenters. The lowest BCUT2D eigenvalue weighted by molar-refractivity contribution is 0.0704. The molecule has 1 aliphatic heterocycles. The van der Waals surface area contributed by atoms with E-state index < -0.39 is 11.6 Å². The fourth-order valence-corrected chi connectivity index (χ4v) is 5.27. The number of nitrogens with one attached hydrogen (secondary N) is 1. The average Bonchev–Trinajstić information content (AvgIpc) is 3.39. The first-order valence-electron chi connectivity index (χ1n) is 13.1. The van der Waals surface area contributed by atoms with Crippen LogP contribution >= 0.6 is 0 Å². The standard InChI is InChI=1S/C29H36F2N4O/c1-4-25(32-15-17-34(5-2)6-3)28-12-9-16-35(28)29(36)22-19-27(20-13-14-23(30)24(31)18-20)33-26-11-8-7-10-21(22)26/h7-8,10-11,13-14,18-19,25,28,32H,4-6,9,12,15-17H2,1-3H3. The van der Waals surface area contributed by atoms with E-state index in [1.807, 2.05) is 29.2 Å². The Balaban J connectivity index is 1.63. The van der Waals surface area contributed by atoms with Crippen molar-refractivity contribution >= 4 is 16.8 Å². The largest absolute Gasteiger partial charge is 0.334 e. The Kier molecular flexibility index (Phi) is 8.64. The highest BCUT2D eigenvalue weighted by molar-refractivity contribution is 6.07. The number of halogens is 2. The number of aromatic nitrogens is 1. The van der Waals surface area contributed by atoms with Gasteiger partial charge in [0.2, 0.25) is 0 Å². The van der Waals surface area contributed by atoms with Gasteiger partial charge in [0.15, 0.2) is 11.6 Å². The zero-order valence-electron chi connectivity index (χ0n) is 21.4. The number of carbonyl (C=O) groups is 1. The summed E-state index contributed by atoms with van der Waals surface area (Å²) >= 11 is 0. The minimum absolute atomic E-state index is 0.0380. The molecule has 3 aromatic rings. The number of carbonyl (C=O) groups excluding carboxylic acids is 1. The van der Waals surface area contributed by atoms with Gasteiger partial charge in [-0.25, -0.2) is 13.8 Å². The van der Waals surface area contributed by atoms with Gasteiger partial charge in [-0.2, -0.15) is 0 Å². The average molecular weight is 495 g/mol. The van der Waals surface area contributed by atoms with Crippen LogP contribution < -0.4 is 5.32 Å². The summed E-state index contributed by atoms with van der Waals surface area (Å²) in [6.07, 6.45) is 2.86. The van der Waals surface area contributed by atoms with Crippen LogP contribution in [0, 0.1) is 11.6 Å². The Morgan fingerprint density at radius 3 is 2.61 bits per heavy atom. The molecule has 2 unspecified atom stereocenters. The van der Waals surface area contributed by atoms with Crippen molar-refractivity contribution in [2.75, 3.05) is 32.7 Å². The first-order chi connectivity index (χ1) is 17.5. The van der Waals surface area contributed by atoms with E-state index in [1.165, 1.54) is 6.07 Å². The first-order valence-corrected chi connectivity index (χ1v) is 13.1. The number of pyridine rings is 1. The Bertz CT molecular complexity index is 1200. The van der Waals surface area contributed by atoms with Crippen LogP contribution in [0.2, 0.25) is 0 Å². The van der Waals surface area contributed by atoms with Crippen LogP contribution in [0.3, 0.4) is 0 Å². The molecule has 1 N–H and O–H groups in total. The molecule has 5 nitrogen and oxygen atoms in total. The maximum absolute atomic E-state index is 14.0. The third-order valence-corrected chi connectivity index (χ3v) is 7.36. The fraction of sp³-hybridized carbons (Fsp3) is 0.448. The van der Waals surface area contributed by atoms with E-state index in [0.717, 1.165) is 63.0 Å². The summed E-state index contributed by atoms with van der Waals surface area (Å²) in [7, 11) is 0. The maximum Gasteiger partial charge on any atom is 0.254 e. The van der Waals surface area contributed by atoms with Gasteiger partial charge >= 0.3 is 0 Å². The Labute approximate surface area is 212 Å². The topological polar surface area (TPSA) is 48.5 Å². The smallest absolute Gasteiger partial charge is 0.254 e. The maximum atomic E-state index is 14.0. The molecule has 0 saturated carbocycles.